The molecule has 1 aromatic rings. The van der Waals surface area contributed by atoms with Crippen LogP contribution in [0.4, 0.5) is 0 Å². The van der Waals surface area contributed by atoms with Gasteiger partial charge in [-0.25, -0.2) is 0 Å². The van der Waals surface area contributed by atoms with E-state index < -0.39 is 5.54 Å². The highest BCUT2D eigenvalue weighted by Crippen LogP contribution is 2.18. The lowest BCUT2D eigenvalue weighted by atomic mass is 9.96. The molecule has 0 bridgehead atoms. The molecule has 3 heteroatoms. The van der Waals surface area contributed by atoms with Crippen molar-refractivity contribution in [2.45, 2.75) is 65.5 Å². The van der Waals surface area contributed by atoms with Gasteiger partial charge in [0.1, 0.15) is 11.3 Å². The molecule has 1 rings (SSSR count). The number of nitrogens with one attached hydrogen (secondary N) is 1. The van der Waals surface area contributed by atoms with Gasteiger partial charge in [0, 0.05) is 6.04 Å². The molecule has 0 aliphatic carbocycles. The van der Waals surface area contributed by atoms with Gasteiger partial charge in [-0.15, -0.1) is 0 Å². The van der Waals surface area contributed by atoms with Crippen molar-refractivity contribution in [3.63, 3.8) is 0 Å². The van der Waals surface area contributed by atoms with Crippen molar-refractivity contribution in [2.75, 3.05) is 6.61 Å². The number of nitriles is 1. The van der Waals surface area contributed by atoms with Gasteiger partial charge in [0.05, 0.1) is 12.7 Å². The molecule has 3 nitrogen and oxygen atoms in total. The lowest BCUT2D eigenvalue weighted by molar-refractivity contribution is 0.292. The summed E-state index contributed by atoms with van der Waals surface area (Å²) in [6.07, 6.45) is 2.79. The summed E-state index contributed by atoms with van der Waals surface area (Å²) in [5, 5.41) is 12.6. The van der Waals surface area contributed by atoms with Crippen molar-refractivity contribution in [1.29, 1.82) is 5.26 Å². The van der Waals surface area contributed by atoms with E-state index in [1.54, 1.807) is 0 Å². The third kappa shape index (κ3) is 6.64. The zero-order valence-corrected chi connectivity index (χ0v) is 14.0. The second-order valence-electron chi connectivity index (χ2n) is 6.37. The first kappa shape index (κ1) is 17.5. The monoisotopic (exact) mass is 288 g/mol. The zero-order valence-electron chi connectivity index (χ0n) is 14.0. The van der Waals surface area contributed by atoms with Crippen LogP contribution < -0.4 is 10.1 Å². The lowest BCUT2D eigenvalue weighted by Crippen LogP contribution is -2.44. The van der Waals surface area contributed by atoms with Gasteiger partial charge in [-0.1, -0.05) is 6.07 Å². The van der Waals surface area contributed by atoms with Crippen LogP contribution in [0.5, 0.6) is 5.75 Å². The third-order valence-electron chi connectivity index (χ3n) is 3.39. The van der Waals surface area contributed by atoms with Gasteiger partial charge in [0.2, 0.25) is 0 Å². The second kappa shape index (κ2) is 8.05. The molecule has 1 atom stereocenters. The molecule has 0 radical (unpaired) electrons. The topological polar surface area (TPSA) is 45.0 Å². The maximum Gasteiger partial charge on any atom is 0.119 e. The molecule has 0 saturated carbocycles. The Bertz CT molecular complexity index is 470. The Labute approximate surface area is 129 Å². The minimum atomic E-state index is -0.436. The molecule has 0 aliphatic heterocycles. The van der Waals surface area contributed by atoms with Crippen molar-refractivity contribution in [3.8, 4) is 11.8 Å². The van der Waals surface area contributed by atoms with E-state index in [1.165, 1.54) is 11.1 Å². The fourth-order valence-corrected chi connectivity index (χ4v) is 2.58. The van der Waals surface area contributed by atoms with E-state index in [2.05, 4.69) is 57.3 Å². The Balaban J connectivity index is 2.32. The average Bonchev–Trinajstić information content (AvgIpc) is 2.36. The van der Waals surface area contributed by atoms with Gasteiger partial charge in [-0.2, -0.15) is 5.26 Å². The van der Waals surface area contributed by atoms with Crippen LogP contribution in [0.15, 0.2) is 18.2 Å². The number of unbranched alkanes of at least 4 members (excludes halogenated alkanes) is 1. The SMILES string of the molecule is Cc1cc(C)cc(OCCCCC(C)(C#N)NC(C)C)c1. The first-order valence-corrected chi connectivity index (χ1v) is 7.75. The van der Waals surface area contributed by atoms with Crippen LogP contribution >= 0.6 is 0 Å². The van der Waals surface area contributed by atoms with Crippen LogP contribution in [0.3, 0.4) is 0 Å². The Kier molecular flexibility index (Phi) is 6.71. The van der Waals surface area contributed by atoms with Gasteiger partial charge in [0.15, 0.2) is 0 Å². The maximum atomic E-state index is 9.29. The summed E-state index contributed by atoms with van der Waals surface area (Å²) in [6, 6.07) is 8.97. The predicted octanol–water partition coefficient (Wildman–Crippen LogP) is 4.13. The standard InChI is InChI=1S/C18H28N2O/c1-14(2)20-18(5,13-19)8-6-7-9-21-17-11-15(3)10-16(4)12-17/h10-12,14,20H,6-9H2,1-5H3. The molecule has 1 N–H and O–H groups in total. The van der Waals surface area contributed by atoms with E-state index in [-0.39, 0.29) is 0 Å². The Morgan fingerprint density at radius 1 is 1.19 bits per heavy atom. The maximum absolute atomic E-state index is 9.29. The molecule has 0 fully saturated rings. The summed E-state index contributed by atoms with van der Waals surface area (Å²) in [7, 11) is 0. The van der Waals surface area contributed by atoms with E-state index in [9.17, 15) is 5.26 Å². The van der Waals surface area contributed by atoms with Crippen molar-refractivity contribution < 1.29 is 4.74 Å². The fourth-order valence-electron chi connectivity index (χ4n) is 2.58. The number of rotatable bonds is 8. The normalized spacial score (nSPS) is 13.8. The average molecular weight is 288 g/mol. The highest BCUT2D eigenvalue weighted by Gasteiger charge is 2.23. The summed E-state index contributed by atoms with van der Waals surface area (Å²) >= 11 is 0. The number of ether oxygens (including phenoxy) is 1. The number of hydrogen-bond acceptors (Lipinski definition) is 3. The number of hydrogen-bond donors (Lipinski definition) is 1. The quantitative estimate of drug-likeness (QED) is 0.731. The Morgan fingerprint density at radius 2 is 1.81 bits per heavy atom. The zero-order chi connectivity index (χ0) is 15.9. The molecular weight excluding hydrogens is 260 g/mol. The van der Waals surface area contributed by atoms with Gasteiger partial charge in [-0.3, -0.25) is 5.32 Å². The minimum Gasteiger partial charge on any atom is -0.494 e. The van der Waals surface area contributed by atoms with Crippen LogP contribution in [0.1, 0.15) is 51.2 Å². The summed E-state index contributed by atoms with van der Waals surface area (Å²) in [4.78, 5) is 0. The van der Waals surface area contributed by atoms with Crippen LogP contribution in [0.25, 0.3) is 0 Å². The summed E-state index contributed by atoms with van der Waals surface area (Å²) in [5.74, 6) is 0.941. The van der Waals surface area contributed by atoms with E-state index in [4.69, 9.17) is 4.74 Å². The number of benzene rings is 1. The summed E-state index contributed by atoms with van der Waals surface area (Å²) in [6.45, 7) is 11.0. The van der Waals surface area contributed by atoms with Crippen molar-refractivity contribution >= 4 is 0 Å². The summed E-state index contributed by atoms with van der Waals surface area (Å²) < 4.78 is 5.79. The van der Waals surface area contributed by atoms with Crippen LogP contribution in [0.2, 0.25) is 0 Å². The molecule has 0 saturated heterocycles. The minimum absolute atomic E-state index is 0.321. The number of nitrogens with zero attached hydrogens (tertiary/aromatic N) is 1. The van der Waals surface area contributed by atoms with Crippen molar-refractivity contribution in [1.82, 2.24) is 5.32 Å². The molecule has 116 valence electrons. The van der Waals surface area contributed by atoms with Gasteiger partial charge in [0.25, 0.3) is 0 Å². The first-order valence-electron chi connectivity index (χ1n) is 7.75. The van der Waals surface area contributed by atoms with Gasteiger partial charge in [-0.05, 0) is 77.1 Å². The molecule has 21 heavy (non-hydrogen) atoms. The highest BCUT2D eigenvalue weighted by molar-refractivity contribution is 5.32. The Hall–Kier alpha value is -1.53. The van der Waals surface area contributed by atoms with E-state index >= 15 is 0 Å². The van der Waals surface area contributed by atoms with E-state index in [0.29, 0.717) is 12.6 Å². The largest absolute Gasteiger partial charge is 0.494 e. The molecule has 1 aromatic carbocycles. The smallest absolute Gasteiger partial charge is 0.119 e. The summed E-state index contributed by atoms with van der Waals surface area (Å²) in [5.41, 5.74) is 2.01. The first-order chi connectivity index (χ1) is 9.84. The second-order valence-corrected chi connectivity index (χ2v) is 6.37. The van der Waals surface area contributed by atoms with Crippen molar-refractivity contribution in [2.24, 2.45) is 0 Å². The predicted molar refractivity (Wildman–Crippen MR) is 87.6 cm³/mol. The molecule has 0 aliphatic rings. The molecule has 1 unspecified atom stereocenters. The molecule has 0 spiro atoms. The van der Waals surface area contributed by atoms with E-state index in [0.717, 1.165) is 25.0 Å². The molecule has 0 aromatic heterocycles. The Morgan fingerprint density at radius 3 is 2.33 bits per heavy atom. The number of aryl methyl sites for hydroxylation is 2. The van der Waals surface area contributed by atoms with Crippen molar-refractivity contribution in [3.05, 3.63) is 29.3 Å². The molecule has 0 heterocycles. The van der Waals surface area contributed by atoms with Crippen LogP contribution in [0, 0.1) is 25.2 Å². The van der Waals surface area contributed by atoms with Crippen LogP contribution in [-0.2, 0) is 0 Å². The highest BCUT2D eigenvalue weighted by atomic mass is 16.5. The van der Waals surface area contributed by atoms with E-state index in [1.807, 2.05) is 6.92 Å². The molecule has 0 amide bonds. The fraction of sp³-hybridized carbons (Fsp3) is 0.611. The molecular formula is C18H28N2O. The van der Waals surface area contributed by atoms with Gasteiger partial charge >= 0.3 is 0 Å². The van der Waals surface area contributed by atoms with Gasteiger partial charge < -0.3 is 4.74 Å². The third-order valence-corrected chi connectivity index (χ3v) is 3.39. The lowest BCUT2D eigenvalue weighted by Gasteiger charge is -2.25. The van der Waals surface area contributed by atoms with Crippen LogP contribution in [-0.4, -0.2) is 18.2 Å².